The zero-order chi connectivity index (χ0) is 12.7. The third-order valence-electron chi connectivity index (χ3n) is 3.34. The Hall–Kier alpha value is -2.68. The number of hydrogen-bond acceptors (Lipinski definition) is 2. The highest BCUT2D eigenvalue weighted by atomic mass is 15.4. The zero-order valence-electron chi connectivity index (χ0n) is 10.2. The molecule has 0 aliphatic carbocycles. The molecule has 0 unspecified atom stereocenters. The highest BCUT2D eigenvalue weighted by molar-refractivity contribution is 5.86. The van der Waals surface area contributed by atoms with Gasteiger partial charge in [0, 0.05) is 10.9 Å². The molecule has 0 atom stereocenters. The molecule has 0 saturated carbocycles. The average molecular weight is 245 g/mol. The summed E-state index contributed by atoms with van der Waals surface area (Å²) < 4.78 is 1.90. The van der Waals surface area contributed by atoms with Crippen molar-refractivity contribution in [3.05, 3.63) is 66.7 Å². The van der Waals surface area contributed by atoms with Crippen molar-refractivity contribution in [1.29, 1.82) is 0 Å². The van der Waals surface area contributed by atoms with E-state index in [4.69, 9.17) is 0 Å². The molecule has 0 saturated heterocycles. The van der Waals surface area contributed by atoms with Gasteiger partial charge in [-0.15, -0.1) is 5.10 Å². The van der Waals surface area contributed by atoms with Gasteiger partial charge in [-0.05, 0) is 12.1 Å². The molecule has 4 aromatic rings. The van der Waals surface area contributed by atoms with Crippen LogP contribution >= 0.6 is 0 Å². The maximum absolute atomic E-state index is 4.33. The fourth-order valence-electron chi connectivity index (χ4n) is 2.41. The van der Waals surface area contributed by atoms with E-state index in [0.29, 0.717) is 0 Å². The van der Waals surface area contributed by atoms with Gasteiger partial charge in [0.2, 0.25) is 0 Å². The van der Waals surface area contributed by atoms with E-state index in [2.05, 4.69) is 46.7 Å². The van der Waals surface area contributed by atoms with E-state index in [9.17, 15) is 0 Å². The molecule has 0 aliphatic heterocycles. The number of hydrogen-bond donors (Lipinski definition) is 0. The molecule has 3 heteroatoms. The van der Waals surface area contributed by atoms with Gasteiger partial charge in [-0.25, -0.2) is 4.52 Å². The Morgan fingerprint density at radius 2 is 1.47 bits per heavy atom. The Kier molecular flexibility index (Phi) is 2.12. The second-order valence-electron chi connectivity index (χ2n) is 4.49. The van der Waals surface area contributed by atoms with E-state index < -0.39 is 0 Å². The van der Waals surface area contributed by atoms with Crippen molar-refractivity contribution in [2.45, 2.75) is 0 Å². The third kappa shape index (κ3) is 1.52. The first-order valence-electron chi connectivity index (χ1n) is 6.22. The summed E-state index contributed by atoms with van der Waals surface area (Å²) in [4.78, 5) is 0. The van der Waals surface area contributed by atoms with Crippen molar-refractivity contribution < 1.29 is 0 Å². The van der Waals surface area contributed by atoms with Crippen molar-refractivity contribution in [1.82, 2.24) is 14.8 Å². The molecule has 0 aliphatic rings. The number of fused-ring (bicyclic) bond motifs is 3. The molecule has 2 aromatic heterocycles. The van der Waals surface area contributed by atoms with Crippen LogP contribution in [0.4, 0.5) is 0 Å². The van der Waals surface area contributed by atoms with Gasteiger partial charge in [-0.2, -0.15) is 0 Å². The predicted molar refractivity (Wildman–Crippen MR) is 75.9 cm³/mol. The Labute approximate surface area is 110 Å². The molecule has 3 nitrogen and oxygen atoms in total. The minimum absolute atomic E-state index is 0.923. The van der Waals surface area contributed by atoms with E-state index in [1.165, 1.54) is 5.39 Å². The van der Waals surface area contributed by atoms with Crippen molar-refractivity contribution in [2.24, 2.45) is 0 Å². The maximum Gasteiger partial charge on any atom is 0.120 e. The van der Waals surface area contributed by atoms with Gasteiger partial charge in [-0.3, -0.25) is 0 Å². The lowest BCUT2D eigenvalue weighted by Gasteiger charge is -2.01. The molecule has 90 valence electrons. The second-order valence-corrected chi connectivity index (χ2v) is 4.49. The third-order valence-corrected chi connectivity index (χ3v) is 3.34. The van der Waals surface area contributed by atoms with Crippen LogP contribution in [0.3, 0.4) is 0 Å². The minimum Gasteiger partial charge on any atom is -0.212 e. The number of benzene rings is 2. The first-order valence-corrected chi connectivity index (χ1v) is 6.22. The van der Waals surface area contributed by atoms with Crippen LogP contribution in [-0.4, -0.2) is 14.8 Å². The largest absolute Gasteiger partial charge is 0.212 e. The van der Waals surface area contributed by atoms with Crippen LogP contribution in [0.5, 0.6) is 0 Å². The second kappa shape index (κ2) is 3.92. The standard InChI is InChI=1S/C16H11N3/c1-2-7-13(8-3-1)16-15-11-10-12-6-4-5-9-14(12)19(15)18-17-16/h1-11H. The highest BCUT2D eigenvalue weighted by Gasteiger charge is 2.09. The molecule has 4 rings (SSSR count). The van der Waals surface area contributed by atoms with E-state index in [0.717, 1.165) is 22.3 Å². The molecule has 0 amide bonds. The van der Waals surface area contributed by atoms with Gasteiger partial charge in [0.05, 0.1) is 11.0 Å². The number of pyridine rings is 1. The Morgan fingerprint density at radius 3 is 2.37 bits per heavy atom. The number of nitrogens with zero attached hydrogens (tertiary/aromatic N) is 3. The first kappa shape index (κ1) is 10.3. The van der Waals surface area contributed by atoms with Crippen LogP contribution in [0.25, 0.3) is 27.7 Å². The van der Waals surface area contributed by atoms with E-state index in [1.807, 2.05) is 34.8 Å². The molecule has 2 aromatic carbocycles. The molecular formula is C16H11N3. The van der Waals surface area contributed by atoms with Gasteiger partial charge >= 0.3 is 0 Å². The van der Waals surface area contributed by atoms with Crippen molar-refractivity contribution in [3.63, 3.8) is 0 Å². The summed E-state index contributed by atoms with van der Waals surface area (Å²) in [6, 6.07) is 22.5. The summed E-state index contributed by atoms with van der Waals surface area (Å²) in [5.41, 5.74) is 4.12. The van der Waals surface area contributed by atoms with Gasteiger partial charge < -0.3 is 0 Å². The van der Waals surface area contributed by atoms with Gasteiger partial charge in [0.1, 0.15) is 5.69 Å². The lowest BCUT2D eigenvalue weighted by atomic mass is 10.1. The fraction of sp³-hybridized carbons (Fsp3) is 0. The summed E-state index contributed by atoms with van der Waals surface area (Å²) in [5, 5.41) is 9.78. The van der Waals surface area contributed by atoms with Crippen molar-refractivity contribution in [2.75, 3.05) is 0 Å². The van der Waals surface area contributed by atoms with Crippen LogP contribution < -0.4 is 0 Å². The van der Waals surface area contributed by atoms with Crippen molar-refractivity contribution in [3.8, 4) is 11.3 Å². The van der Waals surface area contributed by atoms with E-state index in [1.54, 1.807) is 0 Å². The lowest BCUT2D eigenvalue weighted by Crippen LogP contribution is -1.89. The molecular weight excluding hydrogens is 234 g/mol. The quantitative estimate of drug-likeness (QED) is 0.513. The molecule has 0 bridgehead atoms. The van der Waals surface area contributed by atoms with Crippen LogP contribution in [0.2, 0.25) is 0 Å². The Balaban J connectivity index is 2.08. The monoisotopic (exact) mass is 245 g/mol. The van der Waals surface area contributed by atoms with E-state index >= 15 is 0 Å². The lowest BCUT2D eigenvalue weighted by molar-refractivity contribution is 0.884. The summed E-state index contributed by atoms with van der Waals surface area (Å²) in [6.45, 7) is 0. The Morgan fingerprint density at radius 1 is 0.684 bits per heavy atom. The van der Waals surface area contributed by atoms with Crippen LogP contribution in [0, 0.1) is 0 Å². The smallest absolute Gasteiger partial charge is 0.120 e. The number of para-hydroxylation sites is 1. The number of aromatic nitrogens is 3. The van der Waals surface area contributed by atoms with Crippen molar-refractivity contribution >= 4 is 16.4 Å². The molecule has 2 heterocycles. The SMILES string of the molecule is c1ccc(-c2nnn3c2ccc2ccccc23)cc1. The van der Waals surface area contributed by atoms with Gasteiger partial charge in [0.15, 0.2) is 0 Å². The molecule has 19 heavy (non-hydrogen) atoms. The maximum atomic E-state index is 4.33. The fourth-order valence-corrected chi connectivity index (χ4v) is 2.41. The van der Waals surface area contributed by atoms with E-state index in [-0.39, 0.29) is 0 Å². The first-order chi connectivity index (χ1) is 9.43. The van der Waals surface area contributed by atoms with Crippen LogP contribution in [-0.2, 0) is 0 Å². The molecule has 0 N–H and O–H groups in total. The highest BCUT2D eigenvalue weighted by Crippen LogP contribution is 2.24. The molecule has 0 radical (unpaired) electrons. The summed E-state index contributed by atoms with van der Waals surface area (Å²) in [7, 11) is 0. The zero-order valence-corrected chi connectivity index (χ0v) is 10.2. The summed E-state index contributed by atoms with van der Waals surface area (Å²) >= 11 is 0. The normalized spacial score (nSPS) is 11.2. The molecule has 0 spiro atoms. The Bertz CT molecular complexity index is 863. The summed E-state index contributed by atoms with van der Waals surface area (Å²) in [5.74, 6) is 0. The predicted octanol–water partition coefficient (Wildman–Crippen LogP) is 3.55. The van der Waals surface area contributed by atoms with Gasteiger partial charge in [0.25, 0.3) is 0 Å². The molecule has 0 fully saturated rings. The number of rotatable bonds is 1. The van der Waals surface area contributed by atoms with Crippen LogP contribution in [0.1, 0.15) is 0 Å². The topological polar surface area (TPSA) is 30.2 Å². The summed E-state index contributed by atoms with van der Waals surface area (Å²) in [6.07, 6.45) is 0. The van der Waals surface area contributed by atoms with Crippen LogP contribution in [0.15, 0.2) is 66.7 Å². The average Bonchev–Trinajstić information content (AvgIpc) is 2.92. The minimum atomic E-state index is 0.923. The van der Waals surface area contributed by atoms with Gasteiger partial charge in [-0.1, -0.05) is 59.8 Å².